The summed E-state index contributed by atoms with van der Waals surface area (Å²) in [6, 6.07) is 2.08. The Morgan fingerprint density at radius 2 is 1.80 bits per heavy atom. The summed E-state index contributed by atoms with van der Waals surface area (Å²) in [5, 5.41) is 10.3. The molecule has 138 valence electrons. The third-order valence-electron chi connectivity index (χ3n) is 6.10. The molecule has 2 atom stereocenters. The maximum atomic E-state index is 10.3. The van der Waals surface area contributed by atoms with Crippen LogP contribution in [0.5, 0.6) is 0 Å². The Labute approximate surface area is 149 Å². The van der Waals surface area contributed by atoms with E-state index >= 15 is 0 Å². The van der Waals surface area contributed by atoms with Crippen LogP contribution in [0.3, 0.4) is 0 Å². The van der Waals surface area contributed by atoms with Gasteiger partial charge in [0.2, 0.25) is 0 Å². The van der Waals surface area contributed by atoms with E-state index in [-0.39, 0.29) is 17.6 Å². The lowest BCUT2D eigenvalue weighted by Gasteiger charge is -2.56. The van der Waals surface area contributed by atoms with Gasteiger partial charge in [0, 0.05) is 50.7 Å². The molecule has 7 heteroatoms. The van der Waals surface area contributed by atoms with E-state index in [0.717, 1.165) is 76.9 Å². The number of morpholine rings is 1. The van der Waals surface area contributed by atoms with Crippen LogP contribution in [0.1, 0.15) is 26.2 Å². The monoisotopic (exact) mass is 348 g/mol. The van der Waals surface area contributed by atoms with Gasteiger partial charge in [-0.1, -0.05) is 0 Å². The van der Waals surface area contributed by atoms with Crippen molar-refractivity contribution < 1.29 is 14.6 Å². The smallest absolute Gasteiger partial charge is 0.134 e. The van der Waals surface area contributed by atoms with E-state index in [1.807, 2.05) is 6.92 Å². The molecule has 3 aliphatic rings. The number of rotatable bonds is 4. The quantitative estimate of drug-likeness (QED) is 0.873. The second kappa shape index (κ2) is 7.05. The van der Waals surface area contributed by atoms with E-state index < -0.39 is 0 Å². The van der Waals surface area contributed by atoms with Gasteiger partial charge in [-0.3, -0.25) is 0 Å². The zero-order valence-corrected chi connectivity index (χ0v) is 14.9. The lowest BCUT2D eigenvalue weighted by atomic mass is 9.58. The molecule has 1 aromatic heterocycles. The molecule has 0 bridgehead atoms. The van der Waals surface area contributed by atoms with Crippen molar-refractivity contribution in [3.63, 3.8) is 0 Å². The molecule has 0 amide bonds. The molecule has 1 N–H and O–H groups in total. The highest BCUT2D eigenvalue weighted by Gasteiger charge is 2.56. The first-order valence-electron chi connectivity index (χ1n) is 9.42. The lowest BCUT2D eigenvalue weighted by molar-refractivity contribution is -0.199. The average molecular weight is 348 g/mol. The highest BCUT2D eigenvalue weighted by molar-refractivity contribution is 5.50. The fourth-order valence-electron chi connectivity index (χ4n) is 4.44. The Kier molecular flexibility index (Phi) is 4.80. The van der Waals surface area contributed by atoms with Crippen LogP contribution in [0.4, 0.5) is 11.6 Å². The molecule has 1 spiro atoms. The number of ether oxygens (including phenoxy) is 2. The number of hydrogen-bond acceptors (Lipinski definition) is 7. The molecule has 4 rings (SSSR count). The highest BCUT2D eigenvalue weighted by Crippen LogP contribution is 2.51. The van der Waals surface area contributed by atoms with Gasteiger partial charge in [-0.05, 0) is 19.8 Å². The van der Waals surface area contributed by atoms with Crippen molar-refractivity contribution in [2.24, 2.45) is 5.41 Å². The number of hydrogen-bond donors (Lipinski definition) is 1. The Morgan fingerprint density at radius 3 is 2.40 bits per heavy atom. The third kappa shape index (κ3) is 3.09. The molecule has 0 aromatic carbocycles. The van der Waals surface area contributed by atoms with Crippen molar-refractivity contribution in [3.8, 4) is 0 Å². The van der Waals surface area contributed by atoms with Gasteiger partial charge in [-0.25, -0.2) is 9.97 Å². The van der Waals surface area contributed by atoms with E-state index in [1.54, 1.807) is 6.33 Å². The van der Waals surface area contributed by atoms with Crippen molar-refractivity contribution in [2.45, 2.75) is 38.4 Å². The summed E-state index contributed by atoms with van der Waals surface area (Å²) in [4.78, 5) is 13.5. The molecule has 7 nitrogen and oxygen atoms in total. The molecule has 0 radical (unpaired) electrons. The Bertz CT molecular complexity index is 583. The second-order valence-electron chi connectivity index (χ2n) is 7.25. The minimum absolute atomic E-state index is 0.0490. The molecule has 1 aliphatic carbocycles. The molecule has 2 saturated heterocycles. The van der Waals surface area contributed by atoms with E-state index in [0.29, 0.717) is 0 Å². The standard InChI is InChI=1S/C18H28N4O3/c1-2-25-15-11-14(23)18(15)3-5-21(6-4-18)16-12-17(20-13-19-16)22-7-9-24-10-8-22/h12-15,23H,2-11H2,1H3/t14-,15+/m1/s1. The topological polar surface area (TPSA) is 71.0 Å². The van der Waals surface area contributed by atoms with Crippen LogP contribution in [-0.4, -0.2) is 73.3 Å². The van der Waals surface area contributed by atoms with Crippen LogP contribution in [-0.2, 0) is 9.47 Å². The van der Waals surface area contributed by atoms with E-state index in [2.05, 4.69) is 25.8 Å². The zero-order chi connectivity index (χ0) is 17.3. The van der Waals surface area contributed by atoms with Crippen LogP contribution in [0, 0.1) is 5.41 Å². The number of aliphatic hydroxyl groups is 1. The molecule has 2 aliphatic heterocycles. The molecule has 1 aromatic rings. The largest absolute Gasteiger partial charge is 0.392 e. The lowest BCUT2D eigenvalue weighted by Crippen LogP contribution is -2.62. The highest BCUT2D eigenvalue weighted by atomic mass is 16.5. The van der Waals surface area contributed by atoms with Crippen molar-refractivity contribution in [1.82, 2.24) is 9.97 Å². The van der Waals surface area contributed by atoms with Gasteiger partial charge in [-0.2, -0.15) is 0 Å². The minimum atomic E-state index is -0.222. The number of piperidine rings is 1. The predicted octanol–water partition coefficient (Wildman–Crippen LogP) is 1.07. The van der Waals surface area contributed by atoms with Crippen LogP contribution in [0.15, 0.2) is 12.4 Å². The molecule has 3 fully saturated rings. The summed E-state index contributed by atoms with van der Waals surface area (Å²) in [6.07, 6.45) is 4.34. The molecule has 0 unspecified atom stereocenters. The first-order valence-corrected chi connectivity index (χ1v) is 9.42. The minimum Gasteiger partial charge on any atom is -0.392 e. The summed E-state index contributed by atoms with van der Waals surface area (Å²) in [5.74, 6) is 1.96. The average Bonchev–Trinajstić information content (AvgIpc) is 2.69. The first kappa shape index (κ1) is 17.0. The van der Waals surface area contributed by atoms with Gasteiger partial charge >= 0.3 is 0 Å². The second-order valence-corrected chi connectivity index (χ2v) is 7.25. The fraction of sp³-hybridized carbons (Fsp3) is 0.778. The van der Waals surface area contributed by atoms with Gasteiger partial charge in [0.1, 0.15) is 18.0 Å². The normalized spacial score (nSPS) is 28.9. The van der Waals surface area contributed by atoms with E-state index in [9.17, 15) is 5.11 Å². The molecule has 3 heterocycles. The number of anilines is 2. The first-order chi connectivity index (χ1) is 12.2. The Morgan fingerprint density at radius 1 is 1.16 bits per heavy atom. The van der Waals surface area contributed by atoms with Crippen molar-refractivity contribution in [2.75, 3.05) is 55.8 Å². The van der Waals surface area contributed by atoms with Gasteiger partial charge in [0.15, 0.2) is 0 Å². The molecular formula is C18H28N4O3. The Balaban J connectivity index is 1.42. The van der Waals surface area contributed by atoms with Gasteiger partial charge < -0.3 is 24.4 Å². The van der Waals surface area contributed by atoms with Crippen LogP contribution in [0.2, 0.25) is 0 Å². The number of nitrogens with zero attached hydrogens (tertiary/aromatic N) is 4. The third-order valence-corrected chi connectivity index (χ3v) is 6.10. The number of aliphatic hydroxyl groups excluding tert-OH is 1. The predicted molar refractivity (Wildman–Crippen MR) is 95.0 cm³/mol. The van der Waals surface area contributed by atoms with E-state index in [1.165, 1.54) is 0 Å². The molecular weight excluding hydrogens is 320 g/mol. The summed E-state index contributed by atoms with van der Waals surface area (Å²) in [6.45, 7) is 7.81. The van der Waals surface area contributed by atoms with Gasteiger partial charge in [-0.15, -0.1) is 0 Å². The maximum absolute atomic E-state index is 10.3. The summed E-state index contributed by atoms with van der Waals surface area (Å²) >= 11 is 0. The Hall–Kier alpha value is -1.44. The van der Waals surface area contributed by atoms with Crippen molar-refractivity contribution in [1.29, 1.82) is 0 Å². The molecule has 1 saturated carbocycles. The summed E-state index contributed by atoms with van der Waals surface area (Å²) in [5.41, 5.74) is -0.0490. The molecule has 25 heavy (non-hydrogen) atoms. The maximum Gasteiger partial charge on any atom is 0.134 e. The van der Waals surface area contributed by atoms with Gasteiger partial charge in [0.05, 0.1) is 25.4 Å². The van der Waals surface area contributed by atoms with Crippen LogP contribution < -0.4 is 9.80 Å². The zero-order valence-electron chi connectivity index (χ0n) is 14.9. The van der Waals surface area contributed by atoms with Crippen molar-refractivity contribution >= 4 is 11.6 Å². The summed E-state index contributed by atoms with van der Waals surface area (Å²) < 4.78 is 11.3. The van der Waals surface area contributed by atoms with Crippen molar-refractivity contribution in [3.05, 3.63) is 12.4 Å². The summed E-state index contributed by atoms with van der Waals surface area (Å²) in [7, 11) is 0. The van der Waals surface area contributed by atoms with Gasteiger partial charge in [0.25, 0.3) is 0 Å². The van der Waals surface area contributed by atoms with Crippen LogP contribution in [0.25, 0.3) is 0 Å². The SMILES string of the molecule is CCO[C@H]1C[C@@H](O)C12CCN(c1cc(N3CCOCC3)ncn1)CC2. The van der Waals surface area contributed by atoms with Crippen LogP contribution >= 0.6 is 0 Å². The van der Waals surface area contributed by atoms with E-state index in [4.69, 9.17) is 9.47 Å². The fourth-order valence-corrected chi connectivity index (χ4v) is 4.44. The number of aromatic nitrogens is 2.